The van der Waals surface area contributed by atoms with Crippen molar-refractivity contribution in [3.8, 4) is 5.75 Å². The van der Waals surface area contributed by atoms with Crippen molar-refractivity contribution in [1.82, 2.24) is 9.55 Å². The summed E-state index contributed by atoms with van der Waals surface area (Å²) in [5.41, 5.74) is 3.27. The molecular weight excluding hydrogens is 434 g/mol. The molecule has 4 rings (SSSR count). The lowest BCUT2D eigenvalue weighted by Gasteiger charge is -2.14. The van der Waals surface area contributed by atoms with Gasteiger partial charge in [-0.25, -0.2) is 4.98 Å². The van der Waals surface area contributed by atoms with Crippen molar-refractivity contribution in [2.45, 2.75) is 25.5 Å². The fourth-order valence-electron chi connectivity index (χ4n) is 3.44. The Balaban J connectivity index is 1.59. The molecule has 0 aliphatic heterocycles. The van der Waals surface area contributed by atoms with Crippen LogP contribution in [0.4, 0.5) is 5.69 Å². The van der Waals surface area contributed by atoms with Gasteiger partial charge in [-0.3, -0.25) is 14.2 Å². The Morgan fingerprint density at radius 2 is 1.76 bits per heavy atom. The van der Waals surface area contributed by atoms with Crippen molar-refractivity contribution >= 4 is 34.3 Å². The highest BCUT2D eigenvalue weighted by Crippen LogP contribution is 2.25. The van der Waals surface area contributed by atoms with Gasteiger partial charge in [0.1, 0.15) is 5.75 Å². The predicted molar refractivity (Wildman–Crippen MR) is 133 cm³/mol. The van der Waals surface area contributed by atoms with Gasteiger partial charge in [-0.05, 0) is 43.7 Å². The number of carbonyl (C=O) groups excluding carboxylic acids is 1. The smallest absolute Gasteiger partial charge is 0.262 e. The van der Waals surface area contributed by atoms with Crippen LogP contribution in [0.5, 0.6) is 5.75 Å². The third kappa shape index (κ3) is 5.43. The van der Waals surface area contributed by atoms with Gasteiger partial charge >= 0.3 is 0 Å². The van der Waals surface area contributed by atoms with E-state index >= 15 is 0 Å². The van der Waals surface area contributed by atoms with E-state index in [-0.39, 0.29) is 17.2 Å². The molecule has 7 heteroatoms. The van der Waals surface area contributed by atoms with Gasteiger partial charge in [0, 0.05) is 0 Å². The number of nitrogens with one attached hydrogen (secondary N) is 1. The number of carbonyl (C=O) groups is 1. The Hall–Kier alpha value is -3.58. The Kier molecular flexibility index (Phi) is 7.10. The van der Waals surface area contributed by atoms with E-state index in [1.807, 2.05) is 74.5 Å². The number of aromatic nitrogens is 2. The molecule has 3 aromatic carbocycles. The fourth-order valence-corrected chi connectivity index (χ4v) is 4.24. The Morgan fingerprint density at radius 1 is 1.03 bits per heavy atom. The first-order valence-corrected chi connectivity index (χ1v) is 11.7. The molecule has 0 spiro atoms. The first kappa shape index (κ1) is 22.6. The molecule has 0 saturated heterocycles. The molecule has 0 radical (unpaired) electrons. The average molecular weight is 460 g/mol. The number of hydrogen-bond acceptors (Lipinski definition) is 5. The predicted octanol–water partition coefficient (Wildman–Crippen LogP) is 4.88. The summed E-state index contributed by atoms with van der Waals surface area (Å²) >= 11 is 1.24. The number of benzene rings is 3. The van der Waals surface area contributed by atoms with Crippen LogP contribution in [-0.2, 0) is 11.3 Å². The summed E-state index contributed by atoms with van der Waals surface area (Å²) in [6.07, 6.45) is 0. The highest BCUT2D eigenvalue weighted by Gasteiger charge is 2.15. The SMILES string of the molecule is CCOc1ccccc1NC(=O)CSc1nc2ccccc2c(=O)n1Cc1ccc(C)cc1. The molecule has 33 heavy (non-hydrogen) atoms. The second-order valence-electron chi connectivity index (χ2n) is 7.55. The van der Waals surface area contributed by atoms with Crippen LogP contribution < -0.4 is 15.6 Å². The molecule has 0 saturated carbocycles. The minimum Gasteiger partial charge on any atom is -0.492 e. The molecule has 1 amide bonds. The zero-order valence-corrected chi connectivity index (χ0v) is 19.4. The van der Waals surface area contributed by atoms with E-state index in [0.29, 0.717) is 40.6 Å². The average Bonchev–Trinajstić information content (AvgIpc) is 2.82. The summed E-state index contributed by atoms with van der Waals surface area (Å²) < 4.78 is 7.22. The number of ether oxygens (including phenoxy) is 1. The normalized spacial score (nSPS) is 10.8. The van der Waals surface area contributed by atoms with Crippen LogP contribution in [0, 0.1) is 6.92 Å². The molecule has 1 aromatic heterocycles. The van der Waals surface area contributed by atoms with Gasteiger partial charge in [-0.2, -0.15) is 0 Å². The highest BCUT2D eigenvalue weighted by molar-refractivity contribution is 7.99. The molecule has 168 valence electrons. The van der Waals surface area contributed by atoms with Gasteiger partial charge in [0.15, 0.2) is 5.16 Å². The summed E-state index contributed by atoms with van der Waals surface area (Å²) in [4.78, 5) is 30.7. The molecule has 1 N–H and O–H groups in total. The summed E-state index contributed by atoms with van der Waals surface area (Å²) in [6.45, 7) is 4.81. The zero-order valence-electron chi connectivity index (χ0n) is 18.6. The number of fused-ring (bicyclic) bond motifs is 1. The van der Waals surface area contributed by atoms with Gasteiger partial charge in [0.25, 0.3) is 5.56 Å². The van der Waals surface area contributed by atoms with Gasteiger partial charge in [0.2, 0.25) is 5.91 Å². The summed E-state index contributed by atoms with van der Waals surface area (Å²) in [7, 11) is 0. The number of amides is 1. The minimum absolute atomic E-state index is 0.110. The van der Waals surface area contributed by atoms with E-state index in [1.54, 1.807) is 16.7 Å². The van der Waals surface area contributed by atoms with E-state index in [0.717, 1.165) is 11.1 Å². The van der Waals surface area contributed by atoms with Gasteiger partial charge in [-0.1, -0.05) is 65.9 Å². The second-order valence-corrected chi connectivity index (χ2v) is 8.50. The quantitative estimate of drug-likeness (QED) is 0.300. The molecule has 6 nitrogen and oxygen atoms in total. The molecule has 4 aromatic rings. The first-order valence-electron chi connectivity index (χ1n) is 10.7. The Labute approximate surface area is 196 Å². The van der Waals surface area contributed by atoms with E-state index in [4.69, 9.17) is 9.72 Å². The van der Waals surface area contributed by atoms with Gasteiger partial charge in [-0.15, -0.1) is 0 Å². The van der Waals surface area contributed by atoms with Crippen LogP contribution in [0.2, 0.25) is 0 Å². The highest BCUT2D eigenvalue weighted by atomic mass is 32.2. The monoisotopic (exact) mass is 459 g/mol. The van der Waals surface area contributed by atoms with Crippen LogP contribution in [0.3, 0.4) is 0 Å². The van der Waals surface area contributed by atoms with Crippen LogP contribution in [0.15, 0.2) is 82.7 Å². The van der Waals surface area contributed by atoms with Crippen molar-refractivity contribution in [1.29, 1.82) is 0 Å². The number of para-hydroxylation sites is 3. The second kappa shape index (κ2) is 10.4. The maximum Gasteiger partial charge on any atom is 0.262 e. The molecule has 0 aliphatic rings. The molecule has 0 atom stereocenters. The topological polar surface area (TPSA) is 73.2 Å². The van der Waals surface area contributed by atoms with Crippen molar-refractivity contribution in [2.24, 2.45) is 0 Å². The van der Waals surface area contributed by atoms with Crippen LogP contribution in [0.25, 0.3) is 10.9 Å². The molecule has 0 bridgehead atoms. The lowest BCUT2D eigenvalue weighted by atomic mass is 10.1. The van der Waals surface area contributed by atoms with Gasteiger partial charge in [0.05, 0.1) is 35.5 Å². The largest absolute Gasteiger partial charge is 0.492 e. The number of anilines is 1. The molecule has 0 fully saturated rings. The maximum absolute atomic E-state index is 13.3. The molecule has 1 heterocycles. The lowest BCUT2D eigenvalue weighted by molar-refractivity contribution is -0.113. The number of rotatable bonds is 8. The number of hydrogen-bond donors (Lipinski definition) is 1. The Morgan fingerprint density at radius 3 is 2.55 bits per heavy atom. The first-order chi connectivity index (χ1) is 16.0. The van der Waals surface area contributed by atoms with Gasteiger partial charge < -0.3 is 10.1 Å². The molecular formula is C26H25N3O3S. The number of thioether (sulfide) groups is 1. The van der Waals surface area contributed by atoms with E-state index in [2.05, 4.69) is 5.32 Å². The zero-order chi connectivity index (χ0) is 23.2. The molecule has 0 unspecified atom stereocenters. The third-order valence-corrected chi connectivity index (χ3v) is 6.06. The van der Waals surface area contributed by atoms with E-state index in [9.17, 15) is 9.59 Å². The standard InChI is InChI=1S/C26H25N3O3S/c1-3-32-23-11-7-6-10-22(23)27-24(30)17-33-26-28-21-9-5-4-8-20(21)25(31)29(26)16-19-14-12-18(2)13-15-19/h4-15H,3,16-17H2,1-2H3,(H,27,30). The van der Waals surface area contributed by atoms with E-state index in [1.165, 1.54) is 11.8 Å². The fraction of sp³-hybridized carbons (Fsp3) is 0.192. The van der Waals surface area contributed by atoms with Crippen LogP contribution in [-0.4, -0.2) is 27.8 Å². The number of nitrogens with zero attached hydrogens (tertiary/aromatic N) is 2. The summed E-state index contributed by atoms with van der Waals surface area (Å²) in [6, 6.07) is 22.6. The van der Waals surface area contributed by atoms with Crippen molar-refractivity contribution in [3.05, 3.63) is 94.3 Å². The Bertz CT molecular complexity index is 1330. The van der Waals surface area contributed by atoms with Crippen molar-refractivity contribution < 1.29 is 9.53 Å². The number of aryl methyl sites for hydroxylation is 1. The lowest BCUT2D eigenvalue weighted by Crippen LogP contribution is -2.25. The van der Waals surface area contributed by atoms with Crippen LogP contribution >= 0.6 is 11.8 Å². The van der Waals surface area contributed by atoms with Crippen molar-refractivity contribution in [2.75, 3.05) is 17.7 Å². The third-order valence-electron chi connectivity index (χ3n) is 5.08. The van der Waals surface area contributed by atoms with Crippen LogP contribution in [0.1, 0.15) is 18.1 Å². The summed E-state index contributed by atoms with van der Waals surface area (Å²) in [5.74, 6) is 0.536. The minimum atomic E-state index is -0.198. The maximum atomic E-state index is 13.3. The van der Waals surface area contributed by atoms with Crippen molar-refractivity contribution in [3.63, 3.8) is 0 Å². The summed E-state index contributed by atoms with van der Waals surface area (Å²) in [5, 5.41) is 3.96. The molecule has 0 aliphatic carbocycles. The van der Waals surface area contributed by atoms with E-state index < -0.39 is 0 Å².